The number of hydrogen-bond donors (Lipinski definition) is 1. The Labute approximate surface area is 151 Å². The van der Waals surface area contributed by atoms with Gasteiger partial charge in [-0.15, -0.1) is 0 Å². The van der Waals surface area contributed by atoms with Crippen LogP contribution in [0.15, 0.2) is 71.1 Å². The number of anilines is 1. The molecule has 4 heteroatoms. The van der Waals surface area contributed by atoms with Crippen LogP contribution >= 0.6 is 0 Å². The largest absolute Gasteiger partial charge is 0.436 e. The molecule has 0 saturated carbocycles. The minimum absolute atomic E-state index is 0.143. The summed E-state index contributed by atoms with van der Waals surface area (Å²) in [5.74, 6) is 0.428. The molecule has 1 heterocycles. The number of rotatable bonds is 3. The molecule has 0 unspecified atom stereocenters. The average Bonchev–Trinajstić information content (AvgIpc) is 3.05. The summed E-state index contributed by atoms with van der Waals surface area (Å²) < 4.78 is 5.83. The van der Waals surface area contributed by atoms with Crippen molar-refractivity contribution in [2.45, 2.75) is 13.8 Å². The summed E-state index contributed by atoms with van der Waals surface area (Å²) in [7, 11) is 0. The number of benzene rings is 3. The zero-order valence-corrected chi connectivity index (χ0v) is 14.6. The van der Waals surface area contributed by atoms with Crippen LogP contribution in [-0.2, 0) is 0 Å². The van der Waals surface area contributed by atoms with Gasteiger partial charge >= 0.3 is 0 Å². The maximum absolute atomic E-state index is 12.4. The molecule has 0 atom stereocenters. The van der Waals surface area contributed by atoms with E-state index in [9.17, 15) is 4.79 Å². The Bertz CT molecular complexity index is 1090. The molecule has 4 rings (SSSR count). The monoisotopic (exact) mass is 342 g/mol. The Balaban J connectivity index is 1.61. The smallest absolute Gasteiger partial charge is 0.255 e. The van der Waals surface area contributed by atoms with Gasteiger partial charge in [0.05, 0.1) is 0 Å². The Morgan fingerprint density at radius 1 is 0.923 bits per heavy atom. The molecule has 0 spiro atoms. The molecule has 0 aliphatic rings. The summed E-state index contributed by atoms with van der Waals surface area (Å²) in [6.45, 7) is 4.00. The summed E-state index contributed by atoms with van der Waals surface area (Å²) in [5, 5.41) is 2.91. The molecule has 0 saturated heterocycles. The first-order valence-electron chi connectivity index (χ1n) is 8.44. The fourth-order valence-electron chi connectivity index (χ4n) is 2.81. The van der Waals surface area contributed by atoms with Crippen LogP contribution in [0.25, 0.3) is 22.6 Å². The summed E-state index contributed by atoms with van der Waals surface area (Å²) in [6.07, 6.45) is 0. The Hall–Kier alpha value is -3.40. The summed E-state index contributed by atoms with van der Waals surface area (Å²) in [4.78, 5) is 17.0. The van der Waals surface area contributed by atoms with E-state index < -0.39 is 0 Å². The van der Waals surface area contributed by atoms with E-state index in [2.05, 4.69) is 10.3 Å². The van der Waals surface area contributed by atoms with Gasteiger partial charge in [-0.3, -0.25) is 4.79 Å². The summed E-state index contributed by atoms with van der Waals surface area (Å²) in [5.41, 5.74) is 5.88. The highest BCUT2D eigenvalue weighted by Crippen LogP contribution is 2.26. The van der Waals surface area contributed by atoms with Crippen LogP contribution in [0.5, 0.6) is 0 Å². The number of carbonyl (C=O) groups excluding carboxylic acids is 1. The number of nitrogens with zero attached hydrogens (tertiary/aromatic N) is 1. The van der Waals surface area contributed by atoms with Crippen LogP contribution in [0.4, 0.5) is 5.69 Å². The van der Waals surface area contributed by atoms with Crippen molar-refractivity contribution < 1.29 is 9.21 Å². The van der Waals surface area contributed by atoms with Crippen LogP contribution in [0, 0.1) is 13.8 Å². The van der Waals surface area contributed by atoms with Gasteiger partial charge in [0.2, 0.25) is 5.89 Å². The zero-order chi connectivity index (χ0) is 18.1. The van der Waals surface area contributed by atoms with Crippen molar-refractivity contribution >= 4 is 22.7 Å². The van der Waals surface area contributed by atoms with Crippen LogP contribution in [0.3, 0.4) is 0 Å². The number of aromatic nitrogens is 1. The maximum Gasteiger partial charge on any atom is 0.255 e. The number of amides is 1. The topological polar surface area (TPSA) is 55.1 Å². The first-order valence-corrected chi connectivity index (χ1v) is 8.44. The fourth-order valence-corrected chi connectivity index (χ4v) is 2.81. The van der Waals surface area contributed by atoms with E-state index in [0.717, 1.165) is 11.1 Å². The molecule has 26 heavy (non-hydrogen) atoms. The van der Waals surface area contributed by atoms with Gasteiger partial charge in [0.25, 0.3) is 5.91 Å². The van der Waals surface area contributed by atoms with E-state index in [4.69, 9.17) is 4.42 Å². The maximum atomic E-state index is 12.4. The second kappa shape index (κ2) is 6.48. The molecule has 0 aliphatic heterocycles. The van der Waals surface area contributed by atoms with Crippen LogP contribution < -0.4 is 5.32 Å². The predicted molar refractivity (Wildman–Crippen MR) is 103 cm³/mol. The molecule has 1 amide bonds. The van der Waals surface area contributed by atoms with Gasteiger partial charge in [-0.1, -0.05) is 35.4 Å². The van der Waals surface area contributed by atoms with Crippen molar-refractivity contribution in [2.24, 2.45) is 0 Å². The van der Waals surface area contributed by atoms with Crippen LogP contribution in [0.1, 0.15) is 21.5 Å². The lowest BCUT2D eigenvalue weighted by molar-refractivity contribution is 0.102. The van der Waals surface area contributed by atoms with Crippen molar-refractivity contribution in [3.05, 3.63) is 83.4 Å². The average molecular weight is 342 g/mol. The van der Waals surface area contributed by atoms with Crippen molar-refractivity contribution in [1.29, 1.82) is 0 Å². The first-order chi connectivity index (χ1) is 12.6. The van der Waals surface area contributed by atoms with E-state index in [-0.39, 0.29) is 5.91 Å². The van der Waals surface area contributed by atoms with Crippen molar-refractivity contribution in [1.82, 2.24) is 4.98 Å². The van der Waals surface area contributed by atoms with E-state index >= 15 is 0 Å². The highest BCUT2D eigenvalue weighted by atomic mass is 16.3. The molecule has 0 fully saturated rings. The van der Waals surface area contributed by atoms with Gasteiger partial charge in [0.1, 0.15) is 5.52 Å². The summed E-state index contributed by atoms with van der Waals surface area (Å²) >= 11 is 0. The molecule has 128 valence electrons. The second-order valence-corrected chi connectivity index (χ2v) is 6.39. The molecule has 1 aromatic heterocycles. The van der Waals surface area contributed by atoms with Gasteiger partial charge < -0.3 is 9.73 Å². The van der Waals surface area contributed by atoms with E-state index in [1.165, 1.54) is 5.56 Å². The molecule has 0 aliphatic carbocycles. The number of aryl methyl sites for hydroxylation is 2. The highest BCUT2D eigenvalue weighted by Gasteiger charge is 2.11. The van der Waals surface area contributed by atoms with Crippen molar-refractivity contribution in [3.8, 4) is 11.5 Å². The SMILES string of the molecule is Cc1ccc(-c2nc3cc(NC(=O)c4cccc(C)c4)ccc3o2)cc1. The van der Waals surface area contributed by atoms with Gasteiger partial charge in [-0.2, -0.15) is 0 Å². The summed E-state index contributed by atoms with van der Waals surface area (Å²) in [6, 6.07) is 21.0. The Morgan fingerprint density at radius 3 is 2.50 bits per heavy atom. The quantitative estimate of drug-likeness (QED) is 0.545. The molecular weight excluding hydrogens is 324 g/mol. The van der Waals surface area contributed by atoms with Gasteiger partial charge in [-0.05, 0) is 56.3 Å². The molecule has 4 nitrogen and oxygen atoms in total. The normalized spacial score (nSPS) is 10.8. The molecule has 1 N–H and O–H groups in total. The van der Waals surface area contributed by atoms with Crippen LogP contribution in [-0.4, -0.2) is 10.9 Å². The van der Waals surface area contributed by atoms with Gasteiger partial charge in [0.15, 0.2) is 5.58 Å². The van der Waals surface area contributed by atoms with Crippen LogP contribution in [0.2, 0.25) is 0 Å². The lowest BCUT2D eigenvalue weighted by Gasteiger charge is -2.05. The molecule has 0 bridgehead atoms. The third-order valence-electron chi connectivity index (χ3n) is 4.22. The Kier molecular flexibility index (Phi) is 4.01. The van der Waals surface area contributed by atoms with Gasteiger partial charge in [0, 0.05) is 16.8 Å². The number of hydrogen-bond acceptors (Lipinski definition) is 3. The lowest BCUT2D eigenvalue weighted by Crippen LogP contribution is -2.11. The number of oxazole rings is 1. The third-order valence-corrected chi connectivity index (χ3v) is 4.22. The fraction of sp³-hybridized carbons (Fsp3) is 0.0909. The standard InChI is InChI=1S/C22H18N2O2/c1-14-6-8-16(9-7-14)22-24-19-13-18(10-11-20(19)26-22)23-21(25)17-5-3-4-15(2)12-17/h3-13H,1-2H3,(H,23,25). The minimum atomic E-state index is -0.143. The van der Waals surface area contributed by atoms with Crippen molar-refractivity contribution in [2.75, 3.05) is 5.32 Å². The number of fused-ring (bicyclic) bond motifs is 1. The van der Waals surface area contributed by atoms with E-state index in [1.54, 1.807) is 6.07 Å². The Morgan fingerprint density at radius 2 is 1.73 bits per heavy atom. The minimum Gasteiger partial charge on any atom is -0.436 e. The zero-order valence-electron chi connectivity index (χ0n) is 14.6. The second-order valence-electron chi connectivity index (χ2n) is 6.39. The first kappa shape index (κ1) is 16.1. The third kappa shape index (κ3) is 3.22. The molecule has 0 radical (unpaired) electrons. The van der Waals surface area contributed by atoms with E-state index in [0.29, 0.717) is 28.2 Å². The number of nitrogens with one attached hydrogen (secondary N) is 1. The number of carbonyl (C=O) groups is 1. The molecular formula is C22H18N2O2. The highest BCUT2D eigenvalue weighted by molar-refractivity contribution is 6.05. The molecule has 3 aromatic carbocycles. The predicted octanol–water partition coefficient (Wildman–Crippen LogP) is 5.36. The van der Waals surface area contributed by atoms with Crippen molar-refractivity contribution in [3.63, 3.8) is 0 Å². The van der Waals surface area contributed by atoms with E-state index in [1.807, 2.05) is 74.5 Å². The molecule has 4 aromatic rings. The van der Waals surface area contributed by atoms with Gasteiger partial charge in [-0.25, -0.2) is 4.98 Å². The lowest BCUT2D eigenvalue weighted by atomic mass is 10.1.